The summed E-state index contributed by atoms with van der Waals surface area (Å²) in [5, 5.41) is 8.24. The van der Waals surface area contributed by atoms with E-state index < -0.39 is 0 Å². The predicted octanol–water partition coefficient (Wildman–Crippen LogP) is 6.52. The predicted molar refractivity (Wildman–Crippen MR) is 144 cm³/mol. The molecule has 0 aliphatic heterocycles. The Morgan fingerprint density at radius 2 is 1.61 bits per heavy atom. The van der Waals surface area contributed by atoms with Crippen LogP contribution in [0.15, 0.2) is 109 Å². The van der Waals surface area contributed by atoms with Crippen molar-refractivity contribution in [1.29, 1.82) is 0 Å². The zero-order chi connectivity index (χ0) is 24.3. The van der Waals surface area contributed by atoms with Gasteiger partial charge in [-0.1, -0.05) is 48.5 Å². The number of nitrogens with one attached hydrogen (secondary N) is 2. The number of nitrogens with zero attached hydrogens (tertiary/aromatic N) is 4. The van der Waals surface area contributed by atoms with E-state index in [-0.39, 0.29) is 5.91 Å². The lowest BCUT2D eigenvalue weighted by Crippen LogP contribution is -2.11. The first-order valence-corrected chi connectivity index (χ1v) is 12.2. The SMILES string of the molecule is O=C(Nc1cccc(-c2nc3sccn3c2-c2ccnc(Nc3ccccc3)n2)c1)c1ccccc1. The van der Waals surface area contributed by atoms with Gasteiger partial charge >= 0.3 is 0 Å². The molecule has 0 unspecified atom stereocenters. The number of thiazole rings is 1. The zero-order valence-electron chi connectivity index (χ0n) is 19.0. The van der Waals surface area contributed by atoms with Crippen LogP contribution in [0.4, 0.5) is 17.3 Å². The summed E-state index contributed by atoms with van der Waals surface area (Å²) in [4.78, 5) is 27.6. The summed E-state index contributed by atoms with van der Waals surface area (Å²) in [5.74, 6) is 0.338. The van der Waals surface area contributed by atoms with Crippen LogP contribution in [-0.2, 0) is 0 Å². The average molecular weight is 489 g/mol. The lowest BCUT2D eigenvalue weighted by atomic mass is 10.1. The maximum absolute atomic E-state index is 12.7. The normalized spacial score (nSPS) is 10.9. The monoisotopic (exact) mass is 488 g/mol. The van der Waals surface area contributed by atoms with Crippen LogP contribution in [-0.4, -0.2) is 25.3 Å². The first-order valence-electron chi connectivity index (χ1n) is 11.3. The maximum atomic E-state index is 12.7. The molecular formula is C28H20N6OS. The quantitative estimate of drug-likeness (QED) is 0.279. The van der Waals surface area contributed by atoms with Gasteiger partial charge in [0.2, 0.25) is 5.95 Å². The maximum Gasteiger partial charge on any atom is 0.255 e. The largest absolute Gasteiger partial charge is 0.324 e. The number of hydrogen-bond acceptors (Lipinski definition) is 6. The Morgan fingerprint density at radius 1 is 0.833 bits per heavy atom. The first-order chi connectivity index (χ1) is 17.7. The molecule has 3 aromatic carbocycles. The smallest absolute Gasteiger partial charge is 0.255 e. The molecule has 6 aromatic rings. The van der Waals surface area contributed by atoms with E-state index in [0.717, 1.165) is 33.3 Å². The van der Waals surface area contributed by atoms with Crippen molar-refractivity contribution in [2.75, 3.05) is 10.6 Å². The minimum Gasteiger partial charge on any atom is -0.324 e. The second-order valence-corrected chi connectivity index (χ2v) is 8.90. The van der Waals surface area contributed by atoms with Crippen LogP contribution in [0.3, 0.4) is 0 Å². The standard InChI is InChI=1S/C28H20N6OS/c35-26(19-8-3-1-4-9-19)30-22-13-7-10-20(18-22)24-25(34-16-17-36-28(34)33-24)23-14-15-29-27(32-23)31-21-11-5-2-6-12-21/h1-18H,(H,30,35)(H,29,31,32). The fourth-order valence-corrected chi connectivity index (χ4v) is 4.68. The van der Waals surface area contributed by atoms with Crippen molar-refractivity contribution in [2.45, 2.75) is 0 Å². The lowest BCUT2D eigenvalue weighted by Gasteiger charge is -2.09. The molecule has 6 rings (SSSR count). The van der Waals surface area contributed by atoms with Crippen molar-refractivity contribution in [3.05, 3.63) is 114 Å². The lowest BCUT2D eigenvalue weighted by molar-refractivity contribution is 0.102. The van der Waals surface area contributed by atoms with Crippen LogP contribution in [0.5, 0.6) is 0 Å². The van der Waals surface area contributed by atoms with Crippen LogP contribution in [0.1, 0.15) is 10.4 Å². The van der Waals surface area contributed by atoms with E-state index in [1.54, 1.807) is 29.7 Å². The van der Waals surface area contributed by atoms with Crippen molar-refractivity contribution in [3.63, 3.8) is 0 Å². The molecule has 0 fully saturated rings. The number of carbonyl (C=O) groups excluding carboxylic acids is 1. The van der Waals surface area contributed by atoms with E-state index in [2.05, 4.69) is 15.6 Å². The van der Waals surface area contributed by atoms with Crippen LogP contribution < -0.4 is 10.6 Å². The summed E-state index contributed by atoms with van der Waals surface area (Å²) in [6.07, 6.45) is 3.72. The number of hydrogen-bond donors (Lipinski definition) is 2. The topological polar surface area (TPSA) is 84.2 Å². The Balaban J connectivity index is 1.37. The van der Waals surface area contributed by atoms with Gasteiger partial charge in [-0.05, 0) is 42.5 Å². The van der Waals surface area contributed by atoms with Crippen molar-refractivity contribution in [3.8, 4) is 22.6 Å². The third-order valence-corrected chi connectivity index (χ3v) is 6.38. The molecule has 7 nitrogen and oxygen atoms in total. The van der Waals surface area contributed by atoms with Crippen molar-refractivity contribution < 1.29 is 4.79 Å². The molecule has 0 atom stereocenters. The molecule has 0 saturated heterocycles. The molecule has 1 amide bonds. The number of anilines is 3. The molecule has 0 aliphatic rings. The Kier molecular flexibility index (Phi) is 5.69. The van der Waals surface area contributed by atoms with Gasteiger partial charge in [0.15, 0.2) is 4.96 Å². The Labute approximate surface area is 211 Å². The van der Waals surface area contributed by atoms with E-state index in [1.165, 1.54) is 0 Å². The van der Waals surface area contributed by atoms with E-state index in [9.17, 15) is 4.79 Å². The zero-order valence-corrected chi connectivity index (χ0v) is 19.8. The molecule has 36 heavy (non-hydrogen) atoms. The molecule has 0 aliphatic carbocycles. The molecule has 0 spiro atoms. The summed E-state index contributed by atoms with van der Waals surface area (Å²) in [6.45, 7) is 0. The van der Waals surface area contributed by atoms with Gasteiger partial charge in [0, 0.05) is 40.3 Å². The van der Waals surface area contributed by atoms with E-state index >= 15 is 0 Å². The van der Waals surface area contributed by atoms with Gasteiger partial charge in [-0.25, -0.2) is 15.0 Å². The highest BCUT2D eigenvalue weighted by molar-refractivity contribution is 7.15. The molecule has 3 aromatic heterocycles. The number of benzene rings is 3. The second kappa shape index (κ2) is 9.44. The highest BCUT2D eigenvalue weighted by Gasteiger charge is 2.19. The van der Waals surface area contributed by atoms with Gasteiger partial charge in [-0.3, -0.25) is 9.20 Å². The third-order valence-electron chi connectivity index (χ3n) is 5.62. The second-order valence-electron chi connectivity index (χ2n) is 8.02. The highest BCUT2D eigenvalue weighted by atomic mass is 32.1. The van der Waals surface area contributed by atoms with E-state index in [1.807, 2.05) is 94.8 Å². The van der Waals surface area contributed by atoms with Crippen molar-refractivity contribution in [2.24, 2.45) is 0 Å². The molecule has 0 bridgehead atoms. The van der Waals surface area contributed by atoms with Crippen molar-refractivity contribution in [1.82, 2.24) is 19.4 Å². The fraction of sp³-hybridized carbons (Fsp3) is 0. The number of carbonyl (C=O) groups is 1. The fourth-order valence-electron chi connectivity index (χ4n) is 3.97. The van der Waals surface area contributed by atoms with Gasteiger partial charge in [0.25, 0.3) is 5.91 Å². The summed E-state index contributed by atoms with van der Waals surface area (Å²) < 4.78 is 2.03. The number of rotatable bonds is 6. The molecular weight excluding hydrogens is 468 g/mol. The van der Waals surface area contributed by atoms with Gasteiger partial charge in [0.05, 0.1) is 11.4 Å². The number of aromatic nitrogens is 4. The molecule has 0 saturated carbocycles. The molecule has 3 heterocycles. The van der Waals surface area contributed by atoms with Crippen LogP contribution >= 0.6 is 11.3 Å². The summed E-state index contributed by atoms with van der Waals surface area (Å²) in [5.41, 5.74) is 5.46. The third kappa shape index (κ3) is 4.33. The average Bonchev–Trinajstić information content (AvgIpc) is 3.52. The van der Waals surface area contributed by atoms with Gasteiger partial charge in [-0.2, -0.15) is 0 Å². The number of amides is 1. The van der Waals surface area contributed by atoms with Crippen LogP contribution in [0.25, 0.3) is 27.6 Å². The number of imidazole rings is 1. The number of para-hydroxylation sites is 1. The van der Waals surface area contributed by atoms with Gasteiger partial charge in [-0.15, -0.1) is 11.3 Å². The van der Waals surface area contributed by atoms with Crippen LogP contribution in [0, 0.1) is 0 Å². The minimum absolute atomic E-state index is 0.161. The van der Waals surface area contributed by atoms with Crippen LogP contribution in [0.2, 0.25) is 0 Å². The van der Waals surface area contributed by atoms with Crippen molar-refractivity contribution >= 4 is 39.5 Å². The molecule has 8 heteroatoms. The molecule has 0 radical (unpaired) electrons. The van der Waals surface area contributed by atoms with Gasteiger partial charge in [0.1, 0.15) is 5.69 Å². The van der Waals surface area contributed by atoms with E-state index in [4.69, 9.17) is 9.97 Å². The first kappa shape index (κ1) is 21.7. The van der Waals surface area contributed by atoms with Gasteiger partial charge < -0.3 is 10.6 Å². The summed E-state index contributed by atoms with van der Waals surface area (Å²) >= 11 is 1.55. The molecule has 174 valence electrons. The number of fused-ring (bicyclic) bond motifs is 1. The summed E-state index contributed by atoms with van der Waals surface area (Å²) in [7, 11) is 0. The summed E-state index contributed by atoms with van der Waals surface area (Å²) in [6, 6.07) is 28.5. The Morgan fingerprint density at radius 3 is 2.44 bits per heavy atom. The van der Waals surface area contributed by atoms with E-state index in [0.29, 0.717) is 17.2 Å². The Bertz CT molecular complexity index is 1660. The Hall–Kier alpha value is -4.82. The minimum atomic E-state index is -0.161. The highest BCUT2D eigenvalue weighted by Crippen LogP contribution is 2.34. The molecule has 2 N–H and O–H groups in total.